The molecule has 2 heterocycles. The molecule has 1 aromatic carbocycles. The summed E-state index contributed by atoms with van der Waals surface area (Å²) in [5.41, 5.74) is 1.22. The first kappa shape index (κ1) is 13.2. The van der Waals surface area contributed by atoms with Crippen LogP contribution in [0.3, 0.4) is 0 Å². The molecule has 1 atom stereocenters. The van der Waals surface area contributed by atoms with Gasteiger partial charge in [-0.25, -0.2) is 0 Å². The van der Waals surface area contributed by atoms with Crippen molar-refractivity contribution in [1.29, 1.82) is 0 Å². The summed E-state index contributed by atoms with van der Waals surface area (Å²) >= 11 is 0. The zero-order chi connectivity index (χ0) is 14.2. The maximum Gasteiger partial charge on any atom is 0.324 e. The Bertz CT molecular complexity index is 633. The SMILES string of the molecule is CCC1(C(=O)O)CCCN1Cc1coc2ccccc12. The summed E-state index contributed by atoms with van der Waals surface area (Å²) in [6.07, 6.45) is 4.06. The molecule has 1 saturated heterocycles. The molecule has 0 spiro atoms. The number of aliphatic carboxylic acids is 1. The molecular weight excluding hydrogens is 254 g/mol. The van der Waals surface area contributed by atoms with Crippen LogP contribution in [0.25, 0.3) is 11.0 Å². The van der Waals surface area contributed by atoms with Crippen LogP contribution in [0.2, 0.25) is 0 Å². The van der Waals surface area contributed by atoms with E-state index in [1.165, 1.54) is 0 Å². The molecule has 4 heteroatoms. The van der Waals surface area contributed by atoms with Gasteiger partial charge in [0.1, 0.15) is 11.1 Å². The molecule has 0 bridgehead atoms. The second kappa shape index (κ2) is 4.94. The number of furan rings is 1. The van der Waals surface area contributed by atoms with Crippen LogP contribution in [0.4, 0.5) is 0 Å². The molecule has 0 radical (unpaired) electrons. The summed E-state index contributed by atoms with van der Waals surface area (Å²) < 4.78 is 5.55. The van der Waals surface area contributed by atoms with Crippen molar-refractivity contribution in [3.8, 4) is 0 Å². The summed E-state index contributed by atoms with van der Waals surface area (Å²) in [6, 6.07) is 7.89. The smallest absolute Gasteiger partial charge is 0.324 e. The first-order chi connectivity index (χ1) is 9.67. The van der Waals surface area contributed by atoms with E-state index < -0.39 is 11.5 Å². The average Bonchev–Trinajstić information content (AvgIpc) is 3.05. The minimum absolute atomic E-state index is 0.636. The number of benzene rings is 1. The number of likely N-dealkylation sites (tertiary alicyclic amines) is 1. The molecule has 0 aliphatic carbocycles. The second-order valence-corrected chi connectivity index (χ2v) is 5.47. The molecule has 1 N–H and O–H groups in total. The predicted octanol–water partition coefficient (Wildman–Crippen LogP) is 3.26. The van der Waals surface area contributed by atoms with Gasteiger partial charge in [0.25, 0.3) is 0 Å². The van der Waals surface area contributed by atoms with Crippen molar-refractivity contribution >= 4 is 16.9 Å². The maximum absolute atomic E-state index is 11.7. The third-order valence-corrected chi connectivity index (χ3v) is 4.53. The van der Waals surface area contributed by atoms with Crippen LogP contribution in [-0.2, 0) is 11.3 Å². The molecule has 1 unspecified atom stereocenters. The molecular formula is C16H19NO3. The van der Waals surface area contributed by atoms with Crippen molar-refractivity contribution in [2.24, 2.45) is 0 Å². The van der Waals surface area contributed by atoms with Gasteiger partial charge in [-0.1, -0.05) is 25.1 Å². The minimum Gasteiger partial charge on any atom is -0.480 e. The van der Waals surface area contributed by atoms with Gasteiger partial charge in [0.05, 0.1) is 6.26 Å². The van der Waals surface area contributed by atoms with Gasteiger partial charge < -0.3 is 9.52 Å². The number of hydrogen-bond donors (Lipinski definition) is 1. The summed E-state index contributed by atoms with van der Waals surface area (Å²) in [5, 5.41) is 10.7. The van der Waals surface area contributed by atoms with Crippen LogP contribution < -0.4 is 0 Å². The fourth-order valence-corrected chi connectivity index (χ4v) is 3.32. The predicted molar refractivity (Wildman–Crippen MR) is 76.5 cm³/mol. The highest BCUT2D eigenvalue weighted by atomic mass is 16.4. The first-order valence-electron chi connectivity index (χ1n) is 7.11. The van der Waals surface area contributed by atoms with Crippen LogP contribution in [0, 0.1) is 0 Å². The lowest BCUT2D eigenvalue weighted by Crippen LogP contribution is -2.49. The van der Waals surface area contributed by atoms with E-state index >= 15 is 0 Å². The van der Waals surface area contributed by atoms with Crippen molar-refractivity contribution in [2.45, 2.75) is 38.3 Å². The molecule has 2 aromatic rings. The Morgan fingerprint density at radius 1 is 1.45 bits per heavy atom. The molecule has 1 aromatic heterocycles. The molecule has 1 aliphatic heterocycles. The van der Waals surface area contributed by atoms with Gasteiger partial charge in [0.2, 0.25) is 0 Å². The molecule has 3 rings (SSSR count). The monoisotopic (exact) mass is 273 g/mol. The van der Waals surface area contributed by atoms with Crippen molar-refractivity contribution < 1.29 is 14.3 Å². The van der Waals surface area contributed by atoms with Crippen molar-refractivity contribution in [3.05, 3.63) is 36.1 Å². The zero-order valence-electron chi connectivity index (χ0n) is 11.6. The van der Waals surface area contributed by atoms with Gasteiger partial charge in [0, 0.05) is 17.5 Å². The van der Waals surface area contributed by atoms with Gasteiger partial charge in [-0.05, 0) is 31.9 Å². The zero-order valence-corrected chi connectivity index (χ0v) is 11.6. The number of para-hydroxylation sites is 1. The summed E-state index contributed by atoms with van der Waals surface area (Å²) in [5.74, 6) is -0.703. The van der Waals surface area contributed by atoms with E-state index in [9.17, 15) is 9.90 Å². The van der Waals surface area contributed by atoms with Crippen LogP contribution in [-0.4, -0.2) is 28.1 Å². The topological polar surface area (TPSA) is 53.7 Å². The van der Waals surface area contributed by atoms with Crippen LogP contribution in [0.15, 0.2) is 34.9 Å². The minimum atomic E-state index is -0.710. The first-order valence-corrected chi connectivity index (χ1v) is 7.11. The summed E-state index contributed by atoms with van der Waals surface area (Å²) in [4.78, 5) is 13.8. The van der Waals surface area contributed by atoms with Gasteiger partial charge in [-0.2, -0.15) is 0 Å². The summed E-state index contributed by atoms with van der Waals surface area (Å²) in [6.45, 7) is 3.43. The highest BCUT2D eigenvalue weighted by Gasteiger charge is 2.46. The van der Waals surface area contributed by atoms with Gasteiger partial charge in [0.15, 0.2) is 0 Å². The quantitative estimate of drug-likeness (QED) is 0.929. The third kappa shape index (κ3) is 1.91. The number of carboxylic acids is 1. The van der Waals surface area contributed by atoms with E-state index in [4.69, 9.17) is 4.42 Å². The Hall–Kier alpha value is -1.81. The van der Waals surface area contributed by atoms with Crippen LogP contribution in [0.1, 0.15) is 31.7 Å². The van der Waals surface area contributed by atoms with E-state index in [-0.39, 0.29) is 0 Å². The molecule has 4 nitrogen and oxygen atoms in total. The standard InChI is InChI=1S/C16H19NO3/c1-2-16(15(18)19)8-5-9-17(16)10-12-11-20-14-7-4-3-6-13(12)14/h3-4,6-7,11H,2,5,8-10H2,1H3,(H,18,19). The average molecular weight is 273 g/mol. The normalized spacial score (nSPS) is 23.4. The van der Waals surface area contributed by atoms with E-state index in [0.717, 1.165) is 35.9 Å². The van der Waals surface area contributed by atoms with Crippen LogP contribution in [0.5, 0.6) is 0 Å². The number of hydrogen-bond acceptors (Lipinski definition) is 3. The van der Waals surface area contributed by atoms with E-state index in [2.05, 4.69) is 4.90 Å². The lowest BCUT2D eigenvalue weighted by atomic mass is 9.92. The van der Waals surface area contributed by atoms with Gasteiger partial charge in [-0.15, -0.1) is 0 Å². The lowest BCUT2D eigenvalue weighted by Gasteiger charge is -2.33. The number of carboxylic acid groups (broad SMARTS) is 1. The maximum atomic E-state index is 11.7. The number of carbonyl (C=O) groups is 1. The molecule has 0 amide bonds. The molecule has 106 valence electrons. The lowest BCUT2D eigenvalue weighted by molar-refractivity contribution is -0.150. The Labute approximate surface area is 118 Å². The van der Waals surface area contributed by atoms with E-state index in [1.54, 1.807) is 6.26 Å². The second-order valence-electron chi connectivity index (χ2n) is 5.47. The Balaban J connectivity index is 1.92. The number of nitrogens with zero attached hydrogens (tertiary/aromatic N) is 1. The van der Waals surface area contributed by atoms with Crippen molar-refractivity contribution in [2.75, 3.05) is 6.54 Å². The molecule has 1 fully saturated rings. The Morgan fingerprint density at radius 3 is 3.00 bits per heavy atom. The van der Waals surface area contributed by atoms with E-state index in [1.807, 2.05) is 31.2 Å². The number of rotatable bonds is 4. The highest BCUT2D eigenvalue weighted by Crippen LogP contribution is 2.35. The van der Waals surface area contributed by atoms with Crippen LogP contribution >= 0.6 is 0 Å². The number of fused-ring (bicyclic) bond motifs is 1. The Morgan fingerprint density at radius 2 is 2.25 bits per heavy atom. The largest absolute Gasteiger partial charge is 0.480 e. The third-order valence-electron chi connectivity index (χ3n) is 4.53. The fraction of sp³-hybridized carbons (Fsp3) is 0.438. The molecule has 1 aliphatic rings. The van der Waals surface area contributed by atoms with Crippen molar-refractivity contribution in [3.63, 3.8) is 0 Å². The van der Waals surface area contributed by atoms with Crippen molar-refractivity contribution in [1.82, 2.24) is 4.90 Å². The Kier molecular flexibility index (Phi) is 3.26. The molecule has 0 saturated carbocycles. The summed E-state index contributed by atoms with van der Waals surface area (Å²) in [7, 11) is 0. The highest BCUT2D eigenvalue weighted by molar-refractivity contribution is 5.81. The fourth-order valence-electron chi connectivity index (χ4n) is 3.32. The van der Waals surface area contributed by atoms with Gasteiger partial charge >= 0.3 is 5.97 Å². The molecule has 20 heavy (non-hydrogen) atoms. The van der Waals surface area contributed by atoms with Gasteiger partial charge in [-0.3, -0.25) is 9.69 Å². The van der Waals surface area contributed by atoms with E-state index in [0.29, 0.717) is 13.0 Å².